The number of hydrogen-bond acceptors (Lipinski definition) is 3. The SMILES string of the molecule is [N-]=[N+]=NCCC(=O)NCCC(=O)O. The van der Waals surface area contributed by atoms with Crippen molar-refractivity contribution in [2.24, 2.45) is 5.11 Å². The van der Waals surface area contributed by atoms with Gasteiger partial charge in [-0.2, -0.15) is 0 Å². The molecule has 0 rings (SSSR count). The minimum absolute atomic E-state index is 0.0870. The van der Waals surface area contributed by atoms with Crippen LogP contribution in [0, 0.1) is 0 Å². The number of carboxylic acid groups (broad SMARTS) is 1. The van der Waals surface area contributed by atoms with E-state index in [-0.39, 0.29) is 31.8 Å². The number of aliphatic carboxylic acids is 1. The molecule has 0 aromatic heterocycles. The summed E-state index contributed by atoms with van der Waals surface area (Å²) in [5.74, 6) is -1.27. The summed E-state index contributed by atoms with van der Waals surface area (Å²) < 4.78 is 0. The molecule has 0 heterocycles. The fourth-order valence-electron chi connectivity index (χ4n) is 0.594. The highest BCUT2D eigenvalue weighted by molar-refractivity contribution is 5.76. The molecular formula is C6H10N4O3. The molecule has 0 unspecified atom stereocenters. The third-order valence-electron chi connectivity index (χ3n) is 1.16. The fraction of sp³-hybridized carbons (Fsp3) is 0.667. The minimum atomic E-state index is -0.963. The lowest BCUT2D eigenvalue weighted by atomic mass is 10.4. The van der Waals surface area contributed by atoms with Gasteiger partial charge in [-0.1, -0.05) is 5.11 Å². The molecule has 72 valence electrons. The van der Waals surface area contributed by atoms with Gasteiger partial charge in [-0.3, -0.25) is 9.59 Å². The summed E-state index contributed by atoms with van der Waals surface area (Å²) in [5.41, 5.74) is 7.88. The average molecular weight is 186 g/mol. The lowest BCUT2D eigenvalue weighted by Crippen LogP contribution is -2.26. The van der Waals surface area contributed by atoms with Crippen LogP contribution in [0.25, 0.3) is 10.4 Å². The third kappa shape index (κ3) is 8.15. The van der Waals surface area contributed by atoms with E-state index >= 15 is 0 Å². The summed E-state index contributed by atoms with van der Waals surface area (Å²) in [4.78, 5) is 23.3. The van der Waals surface area contributed by atoms with Crippen LogP contribution in [-0.2, 0) is 9.59 Å². The predicted molar refractivity (Wildman–Crippen MR) is 43.9 cm³/mol. The van der Waals surface area contributed by atoms with Gasteiger partial charge in [0.2, 0.25) is 5.91 Å². The molecule has 0 bridgehead atoms. The van der Waals surface area contributed by atoms with Gasteiger partial charge in [-0.25, -0.2) is 0 Å². The number of rotatable bonds is 6. The van der Waals surface area contributed by atoms with E-state index in [1.54, 1.807) is 0 Å². The van der Waals surface area contributed by atoms with E-state index in [0.29, 0.717) is 0 Å². The van der Waals surface area contributed by atoms with Crippen LogP contribution in [-0.4, -0.2) is 30.1 Å². The number of carbonyl (C=O) groups excluding carboxylic acids is 1. The molecule has 0 atom stereocenters. The zero-order valence-electron chi connectivity index (χ0n) is 6.93. The second-order valence-corrected chi connectivity index (χ2v) is 2.20. The van der Waals surface area contributed by atoms with Crippen molar-refractivity contribution >= 4 is 11.9 Å². The molecule has 0 saturated carbocycles. The van der Waals surface area contributed by atoms with Crippen molar-refractivity contribution in [3.8, 4) is 0 Å². The Balaban J connectivity index is 3.40. The third-order valence-corrected chi connectivity index (χ3v) is 1.16. The average Bonchev–Trinajstić information content (AvgIpc) is 2.04. The Labute approximate surface area is 74.4 Å². The van der Waals surface area contributed by atoms with Gasteiger partial charge in [0.1, 0.15) is 0 Å². The Morgan fingerprint density at radius 1 is 1.46 bits per heavy atom. The van der Waals surface area contributed by atoms with E-state index in [9.17, 15) is 9.59 Å². The Morgan fingerprint density at radius 2 is 2.15 bits per heavy atom. The highest BCUT2D eigenvalue weighted by Gasteiger charge is 2.00. The summed E-state index contributed by atoms with van der Waals surface area (Å²) in [6.07, 6.45) is -0.0169. The highest BCUT2D eigenvalue weighted by Crippen LogP contribution is 1.83. The summed E-state index contributed by atoms with van der Waals surface area (Å²) in [5, 5.41) is 13.8. The van der Waals surface area contributed by atoms with Gasteiger partial charge in [-0.05, 0) is 5.53 Å². The largest absolute Gasteiger partial charge is 0.481 e. The fourth-order valence-corrected chi connectivity index (χ4v) is 0.594. The standard InChI is InChI=1S/C6H10N4O3/c7-10-9-4-1-5(11)8-3-2-6(12)13/h1-4H2,(H,8,11)(H,12,13). The van der Waals surface area contributed by atoms with Crippen molar-refractivity contribution in [2.75, 3.05) is 13.1 Å². The molecular weight excluding hydrogens is 176 g/mol. The van der Waals surface area contributed by atoms with E-state index in [4.69, 9.17) is 10.6 Å². The first-order chi connectivity index (χ1) is 6.16. The first-order valence-corrected chi connectivity index (χ1v) is 3.66. The lowest BCUT2D eigenvalue weighted by Gasteiger charge is -2.00. The van der Waals surface area contributed by atoms with Gasteiger partial charge in [0.15, 0.2) is 0 Å². The van der Waals surface area contributed by atoms with Gasteiger partial charge in [0.05, 0.1) is 6.42 Å². The quantitative estimate of drug-likeness (QED) is 0.352. The zero-order chi connectivity index (χ0) is 10.1. The summed E-state index contributed by atoms with van der Waals surface area (Å²) in [6.45, 7) is 0.194. The molecule has 0 aromatic carbocycles. The van der Waals surface area contributed by atoms with E-state index in [2.05, 4.69) is 15.3 Å². The maximum atomic E-state index is 10.8. The van der Waals surface area contributed by atoms with Crippen LogP contribution in [0.5, 0.6) is 0 Å². The van der Waals surface area contributed by atoms with E-state index in [1.807, 2.05) is 0 Å². The van der Waals surface area contributed by atoms with Gasteiger partial charge in [0, 0.05) is 24.4 Å². The number of hydrogen-bond donors (Lipinski definition) is 2. The first-order valence-electron chi connectivity index (χ1n) is 3.66. The van der Waals surface area contributed by atoms with Gasteiger partial charge >= 0.3 is 5.97 Å². The predicted octanol–water partition coefficient (Wildman–Crippen LogP) is 0.278. The maximum Gasteiger partial charge on any atom is 0.305 e. The monoisotopic (exact) mass is 186 g/mol. The van der Waals surface area contributed by atoms with E-state index in [0.717, 1.165) is 0 Å². The Morgan fingerprint density at radius 3 is 2.69 bits per heavy atom. The molecule has 0 spiro atoms. The molecule has 13 heavy (non-hydrogen) atoms. The van der Waals surface area contributed by atoms with Crippen molar-refractivity contribution in [2.45, 2.75) is 12.8 Å². The van der Waals surface area contributed by atoms with Crippen LogP contribution in [0.1, 0.15) is 12.8 Å². The first kappa shape index (κ1) is 11.2. The number of carboxylic acids is 1. The molecule has 0 aliphatic heterocycles. The van der Waals surface area contributed by atoms with Gasteiger partial charge in [-0.15, -0.1) is 0 Å². The van der Waals surface area contributed by atoms with Crippen LogP contribution in [0.2, 0.25) is 0 Å². The van der Waals surface area contributed by atoms with Crippen LogP contribution < -0.4 is 5.32 Å². The summed E-state index contributed by atoms with van der Waals surface area (Å²) in [6, 6.07) is 0. The number of nitrogens with one attached hydrogen (secondary N) is 1. The van der Waals surface area contributed by atoms with Crippen molar-refractivity contribution in [1.82, 2.24) is 5.32 Å². The minimum Gasteiger partial charge on any atom is -0.481 e. The maximum absolute atomic E-state index is 10.8. The molecule has 1 amide bonds. The number of azide groups is 1. The number of nitrogens with zero attached hydrogens (tertiary/aromatic N) is 3. The van der Waals surface area contributed by atoms with E-state index in [1.165, 1.54) is 0 Å². The molecule has 7 heteroatoms. The van der Waals surface area contributed by atoms with Crippen molar-refractivity contribution in [3.63, 3.8) is 0 Å². The highest BCUT2D eigenvalue weighted by atomic mass is 16.4. The van der Waals surface area contributed by atoms with Gasteiger partial charge in [0.25, 0.3) is 0 Å². The summed E-state index contributed by atoms with van der Waals surface area (Å²) >= 11 is 0. The zero-order valence-corrected chi connectivity index (χ0v) is 6.93. The van der Waals surface area contributed by atoms with Crippen molar-refractivity contribution < 1.29 is 14.7 Å². The smallest absolute Gasteiger partial charge is 0.305 e. The molecule has 2 N–H and O–H groups in total. The Bertz CT molecular complexity index is 234. The van der Waals surface area contributed by atoms with Crippen molar-refractivity contribution in [1.29, 1.82) is 0 Å². The Hall–Kier alpha value is -1.75. The second kappa shape index (κ2) is 6.93. The molecule has 0 saturated heterocycles. The number of carbonyl (C=O) groups is 2. The molecule has 0 fully saturated rings. The lowest BCUT2D eigenvalue weighted by molar-refractivity contribution is -0.136. The van der Waals surface area contributed by atoms with Crippen LogP contribution in [0.15, 0.2) is 5.11 Å². The van der Waals surface area contributed by atoms with Crippen molar-refractivity contribution in [3.05, 3.63) is 10.4 Å². The Kier molecular flexibility index (Phi) is 6.00. The van der Waals surface area contributed by atoms with E-state index < -0.39 is 5.97 Å². The molecule has 7 nitrogen and oxygen atoms in total. The molecule has 0 aliphatic carbocycles. The van der Waals surface area contributed by atoms with Gasteiger partial charge < -0.3 is 10.4 Å². The number of amides is 1. The molecule has 0 radical (unpaired) electrons. The summed E-state index contributed by atoms with van der Waals surface area (Å²) in [7, 11) is 0. The van der Waals surface area contributed by atoms with Crippen LogP contribution in [0.4, 0.5) is 0 Å². The second-order valence-electron chi connectivity index (χ2n) is 2.20. The van der Waals surface area contributed by atoms with Crippen LogP contribution in [0.3, 0.4) is 0 Å². The molecule has 0 aromatic rings. The molecule has 0 aliphatic rings. The normalized spacial score (nSPS) is 8.62. The topological polar surface area (TPSA) is 115 Å². The van der Waals surface area contributed by atoms with Crippen LogP contribution >= 0.6 is 0 Å².